The fraction of sp³-hybridized carbons (Fsp3) is 0.364. The van der Waals surface area contributed by atoms with Crippen molar-refractivity contribution in [2.45, 2.75) is 20.0 Å². The zero-order valence-electron chi connectivity index (χ0n) is 9.13. The third-order valence-electron chi connectivity index (χ3n) is 2.37. The van der Waals surface area contributed by atoms with E-state index in [-0.39, 0.29) is 12.1 Å². The molecule has 5 heteroatoms. The lowest BCUT2D eigenvalue weighted by Gasteiger charge is -2.08. The highest BCUT2D eigenvalue weighted by Crippen LogP contribution is 2.38. The number of benzene rings is 1. The predicted octanol–water partition coefficient (Wildman–Crippen LogP) is 2.70. The summed E-state index contributed by atoms with van der Waals surface area (Å²) in [7, 11) is 0. The Labute approximate surface area is 98.9 Å². The minimum absolute atomic E-state index is 0.0584. The number of fused-ring (bicyclic) bond motifs is 1. The molecule has 0 bridgehead atoms. The van der Waals surface area contributed by atoms with Crippen LogP contribution in [0.1, 0.15) is 24.2 Å². The quantitative estimate of drug-likeness (QED) is 0.781. The number of rotatable bonds is 2. The molecule has 0 saturated carbocycles. The minimum Gasteiger partial charge on any atom is -0.462 e. The van der Waals surface area contributed by atoms with Gasteiger partial charge in [-0.3, -0.25) is 0 Å². The second kappa shape index (κ2) is 4.22. The molecule has 0 amide bonds. The number of carbonyl (C=O) groups is 1. The molecule has 1 heterocycles. The van der Waals surface area contributed by atoms with E-state index in [1.165, 1.54) is 0 Å². The second-order valence-corrected chi connectivity index (χ2v) is 3.98. The van der Waals surface area contributed by atoms with Crippen LogP contribution in [0.2, 0.25) is 5.02 Å². The van der Waals surface area contributed by atoms with Crippen LogP contribution in [0, 0.1) is 0 Å². The highest BCUT2D eigenvalue weighted by atomic mass is 35.5. The Morgan fingerprint density at radius 1 is 1.44 bits per heavy atom. The van der Waals surface area contributed by atoms with Crippen LogP contribution in [0.5, 0.6) is 0 Å². The van der Waals surface area contributed by atoms with E-state index >= 15 is 0 Å². The van der Waals surface area contributed by atoms with E-state index in [1.807, 2.05) is 6.92 Å². The van der Waals surface area contributed by atoms with Gasteiger partial charge >= 0.3 is 5.97 Å². The van der Waals surface area contributed by atoms with Crippen molar-refractivity contribution >= 4 is 28.9 Å². The summed E-state index contributed by atoms with van der Waals surface area (Å²) in [5.41, 5.74) is 2.00. The maximum absolute atomic E-state index is 11.7. The summed E-state index contributed by atoms with van der Waals surface area (Å²) in [6.07, 6.45) is 0.0584. The van der Waals surface area contributed by atoms with Gasteiger partial charge in [0, 0.05) is 0 Å². The Bertz CT molecular complexity index is 434. The molecule has 0 fully saturated rings. The van der Waals surface area contributed by atoms with Gasteiger partial charge in [-0.25, -0.2) is 4.79 Å². The molecule has 1 unspecified atom stereocenters. The molecule has 0 aromatic heterocycles. The normalized spacial score (nSPS) is 17.3. The van der Waals surface area contributed by atoms with Crippen LogP contribution in [0.4, 0.5) is 11.4 Å². The largest absolute Gasteiger partial charge is 0.462 e. The molecule has 1 aliphatic rings. The van der Waals surface area contributed by atoms with Crippen LogP contribution < -0.4 is 10.6 Å². The van der Waals surface area contributed by atoms with Crippen molar-refractivity contribution in [1.29, 1.82) is 0 Å². The van der Waals surface area contributed by atoms with Crippen molar-refractivity contribution in [2.24, 2.45) is 0 Å². The molecule has 1 aromatic rings. The minimum atomic E-state index is -0.334. The van der Waals surface area contributed by atoms with E-state index < -0.39 is 0 Å². The molecular formula is C11H13ClN2O2. The average molecular weight is 241 g/mol. The third-order valence-corrected chi connectivity index (χ3v) is 2.69. The van der Waals surface area contributed by atoms with Crippen LogP contribution in [0.25, 0.3) is 0 Å². The lowest BCUT2D eigenvalue weighted by atomic mass is 10.1. The van der Waals surface area contributed by atoms with Crippen molar-refractivity contribution in [3.8, 4) is 0 Å². The van der Waals surface area contributed by atoms with E-state index in [0.29, 0.717) is 17.2 Å². The summed E-state index contributed by atoms with van der Waals surface area (Å²) >= 11 is 6.03. The fourth-order valence-electron chi connectivity index (χ4n) is 1.72. The van der Waals surface area contributed by atoms with E-state index in [2.05, 4.69) is 10.6 Å². The number of halogens is 1. The summed E-state index contributed by atoms with van der Waals surface area (Å²) in [6, 6.07) is 3.37. The second-order valence-electron chi connectivity index (χ2n) is 3.58. The Morgan fingerprint density at radius 2 is 2.12 bits per heavy atom. The highest BCUT2D eigenvalue weighted by Gasteiger charge is 2.25. The molecule has 4 nitrogen and oxygen atoms in total. The molecule has 1 aliphatic heterocycles. The summed E-state index contributed by atoms with van der Waals surface area (Å²) in [5, 5.41) is 6.90. The van der Waals surface area contributed by atoms with Gasteiger partial charge in [0.05, 0.1) is 34.7 Å². The number of carbonyl (C=O) groups excluding carboxylic acids is 1. The monoisotopic (exact) mass is 240 g/mol. The maximum Gasteiger partial charge on any atom is 0.340 e. The highest BCUT2D eigenvalue weighted by molar-refractivity contribution is 6.34. The number of nitrogens with one attached hydrogen (secondary N) is 2. The topological polar surface area (TPSA) is 50.4 Å². The Kier molecular flexibility index (Phi) is 2.92. The number of esters is 1. The number of ether oxygens (including phenoxy) is 1. The van der Waals surface area contributed by atoms with Gasteiger partial charge in [0.1, 0.15) is 0 Å². The van der Waals surface area contributed by atoms with E-state index in [1.54, 1.807) is 19.1 Å². The molecule has 86 valence electrons. The van der Waals surface area contributed by atoms with Gasteiger partial charge in [-0.15, -0.1) is 0 Å². The van der Waals surface area contributed by atoms with Crippen molar-refractivity contribution < 1.29 is 9.53 Å². The van der Waals surface area contributed by atoms with E-state index in [0.717, 1.165) is 11.4 Å². The molecule has 0 saturated heterocycles. The molecule has 0 radical (unpaired) electrons. The van der Waals surface area contributed by atoms with Gasteiger partial charge in [-0.2, -0.15) is 0 Å². The molecule has 16 heavy (non-hydrogen) atoms. The van der Waals surface area contributed by atoms with Crippen LogP contribution >= 0.6 is 11.6 Å². The molecular weight excluding hydrogens is 228 g/mol. The Morgan fingerprint density at radius 3 is 2.81 bits per heavy atom. The van der Waals surface area contributed by atoms with Crippen molar-refractivity contribution in [1.82, 2.24) is 0 Å². The van der Waals surface area contributed by atoms with Crippen LogP contribution in [0.15, 0.2) is 12.1 Å². The van der Waals surface area contributed by atoms with Crippen molar-refractivity contribution in [3.63, 3.8) is 0 Å². The fourth-order valence-corrected chi connectivity index (χ4v) is 1.93. The summed E-state index contributed by atoms with van der Waals surface area (Å²) in [5.74, 6) is -0.334. The number of anilines is 2. The average Bonchev–Trinajstić information content (AvgIpc) is 2.61. The molecule has 1 atom stereocenters. The first-order chi connectivity index (χ1) is 7.63. The third kappa shape index (κ3) is 1.80. The van der Waals surface area contributed by atoms with Crippen LogP contribution in [-0.2, 0) is 4.74 Å². The van der Waals surface area contributed by atoms with Gasteiger partial charge in [-0.05, 0) is 26.0 Å². The van der Waals surface area contributed by atoms with Gasteiger partial charge in [0.15, 0.2) is 0 Å². The van der Waals surface area contributed by atoms with Gasteiger partial charge < -0.3 is 15.4 Å². The number of hydrogen-bond acceptors (Lipinski definition) is 4. The van der Waals surface area contributed by atoms with E-state index in [4.69, 9.17) is 16.3 Å². The van der Waals surface area contributed by atoms with Crippen molar-refractivity contribution in [2.75, 3.05) is 17.2 Å². The maximum atomic E-state index is 11.7. The number of hydrogen-bond donors (Lipinski definition) is 2. The van der Waals surface area contributed by atoms with Gasteiger partial charge in [0.25, 0.3) is 0 Å². The summed E-state index contributed by atoms with van der Waals surface area (Å²) < 4.78 is 4.98. The standard InChI is InChI=1S/C11H13ClN2O2/c1-3-16-11(15)7-4-5-8(12)10-9(7)13-6(2)14-10/h4-6,13-14H,3H2,1-2H3. The lowest BCUT2D eigenvalue weighted by Crippen LogP contribution is -2.17. The molecule has 1 aromatic carbocycles. The summed E-state index contributed by atoms with van der Waals surface area (Å²) in [6.45, 7) is 4.09. The summed E-state index contributed by atoms with van der Waals surface area (Å²) in [4.78, 5) is 11.7. The van der Waals surface area contributed by atoms with Crippen LogP contribution in [0.3, 0.4) is 0 Å². The zero-order valence-corrected chi connectivity index (χ0v) is 9.89. The Balaban J connectivity index is 2.42. The smallest absolute Gasteiger partial charge is 0.340 e. The Hall–Kier alpha value is -1.42. The predicted molar refractivity (Wildman–Crippen MR) is 64.1 cm³/mol. The molecule has 2 N–H and O–H groups in total. The first kappa shape index (κ1) is 11.1. The van der Waals surface area contributed by atoms with Crippen LogP contribution in [-0.4, -0.2) is 18.7 Å². The molecule has 0 aliphatic carbocycles. The molecule has 2 rings (SSSR count). The molecule has 0 spiro atoms. The SMILES string of the molecule is CCOC(=O)c1ccc(Cl)c2c1NC(C)N2. The van der Waals surface area contributed by atoms with Crippen molar-refractivity contribution in [3.05, 3.63) is 22.7 Å². The van der Waals surface area contributed by atoms with Gasteiger partial charge in [0.2, 0.25) is 0 Å². The van der Waals surface area contributed by atoms with E-state index in [9.17, 15) is 4.79 Å². The van der Waals surface area contributed by atoms with Gasteiger partial charge in [-0.1, -0.05) is 11.6 Å². The first-order valence-electron chi connectivity index (χ1n) is 5.16. The lowest BCUT2D eigenvalue weighted by molar-refractivity contribution is 0.0527. The first-order valence-corrected chi connectivity index (χ1v) is 5.54. The zero-order chi connectivity index (χ0) is 11.7.